The SMILES string of the molecule is O=C(Nc1ccccn1)[C@H]1CCCN(c2ncnc3c2nc2n3CCCCC2)C1. The van der Waals surface area contributed by atoms with E-state index < -0.39 is 0 Å². The Morgan fingerprint density at radius 3 is 2.93 bits per heavy atom. The second-order valence-electron chi connectivity index (χ2n) is 7.85. The first-order chi connectivity index (χ1) is 14.3. The lowest BCUT2D eigenvalue weighted by Gasteiger charge is -2.32. The lowest BCUT2D eigenvalue weighted by molar-refractivity contribution is -0.120. The van der Waals surface area contributed by atoms with E-state index in [4.69, 9.17) is 4.98 Å². The van der Waals surface area contributed by atoms with E-state index in [2.05, 4.69) is 29.7 Å². The number of nitrogens with zero attached hydrogens (tertiary/aromatic N) is 6. The number of fused-ring (bicyclic) bond motifs is 3. The zero-order valence-electron chi connectivity index (χ0n) is 16.4. The molecular weight excluding hydrogens is 366 g/mol. The van der Waals surface area contributed by atoms with Gasteiger partial charge in [0, 0.05) is 32.3 Å². The van der Waals surface area contributed by atoms with Gasteiger partial charge < -0.3 is 14.8 Å². The first-order valence-electron chi connectivity index (χ1n) is 10.5. The van der Waals surface area contributed by atoms with Crippen LogP contribution in [0, 0.1) is 5.92 Å². The molecule has 1 amide bonds. The molecule has 1 atom stereocenters. The Balaban J connectivity index is 1.39. The molecule has 3 aromatic rings. The van der Waals surface area contributed by atoms with E-state index in [0.29, 0.717) is 12.4 Å². The highest BCUT2D eigenvalue weighted by molar-refractivity contribution is 5.92. The van der Waals surface area contributed by atoms with Crippen LogP contribution in [0.5, 0.6) is 0 Å². The monoisotopic (exact) mass is 391 g/mol. The van der Waals surface area contributed by atoms with Crippen molar-refractivity contribution in [3.63, 3.8) is 0 Å². The van der Waals surface area contributed by atoms with Crippen LogP contribution in [0.3, 0.4) is 0 Å². The summed E-state index contributed by atoms with van der Waals surface area (Å²) in [5.41, 5.74) is 1.79. The molecule has 2 aliphatic heterocycles. The average molecular weight is 391 g/mol. The fourth-order valence-corrected chi connectivity index (χ4v) is 4.41. The molecule has 1 N–H and O–H groups in total. The second-order valence-corrected chi connectivity index (χ2v) is 7.85. The molecule has 0 spiro atoms. The maximum atomic E-state index is 12.8. The summed E-state index contributed by atoms with van der Waals surface area (Å²) in [6, 6.07) is 5.52. The molecule has 2 aliphatic rings. The number of carbonyl (C=O) groups is 1. The van der Waals surface area contributed by atoms with Gasteiger partial charge in [0.25, 0.3) is 0 Å². The third kappa shape index (κ3) is 3.54. The van der Waals surface area contributed by atoms with Gasteiger partial charge in [-0.15, -0.1) is 0 Å². The van der Waals surface area contributed by atoms with Gasteiger partial charge >= 0.3 is 0 Å². The van der Waals surface area contributed by atoms with Gasteiger partial charge in [-0.1, -0.05) is 12.5 Å². The maximum absolute atomic E-state index is 12.8. The summed E-state index contributed by atoms with van der Waals surface area (Å²) >= 11 is 0. The number of anilines is 2. The summed E-state index contributed by atoms with van der Waals surface area (Å²) in [4.78, 5) is 33.2. The van der Waals surface area contributed by atoms with Crippen LogP contribution >= 0.6 is 0 Å². The topological polar surface area (TPSA) is 88.8 Å². The highest BCUT2D eigenvalue weighted by Gasteiger charge is 2.29. The minimum Gasteiger partial charge on any atom is -0.354 e. The third-order valence-electron chi connectivity index (χ3n) is 5.88. The number of hydrogen-bond donors (Lipinski definition) is 1. The minimum atomic E-state index is -0.101. The summed E-state index contributed by atoms with van der Waals surface area (Å²) in [5, 5.41) is 2.94. The maximum Gasteiger partial charge on any atom is 0.230 e. The quantitative estimate of drug-likeness (QED) is 0.739. The van der Waals surface area contributed by atoms with Gasteiger partial charge in [0.15, 0.2) is 17.0 Å². The number of rotatable bonds is 3. The molecule has 0 saturated carbocycles. The molecule has 29 heavy (non-hydrogen) atoms. The predicted octanol–water partition coefficient (Wildman–Crippen LogP) is 2.80. The Labute approximate surface area is 169 Å². The molecule has 0 bridgehead atoms. The molecular formula is C21H25N7O. The number of nitrogens with one attached hydrogen (secondary N) is 1. The zero-order valence-corrected chi connectivity index (χ0v) is 16.4. The van der Waals surface area contributed by atoms with E-state index in [1.54, 1.807) is 12.5 Å². The number of aryl methyl sites for hydroxylation is 2. The van der Waals surface area contributed by atoms with E-state index in [1.807, 2.05) is 18.2 Å². The fourth-order valence-electron chi connectivity index (χ4n) is 4.41. The van der Waals surface area contributed by atoms with Crippen molar-refractivity contribution in [2.45, 2.75) is 45.1 Å². The second kappa shape index (κ2) is 7.77. The summed E-state index contributed by atoms with van der Waals surface area (Å²) in [7, 11) is 0. The molecule has 8 nitrogen and oxygen atoms in total. The lowest BCUT2D eigenvalue weighted by Crippen LogP contribution is -2.41. The van der Waals surface area contributed by atoms with Crippen LogP contribution in [-0.4, -0.2) is 43.5 Å². The minimum absolute atomic E-state index is 0.0133. The molecule has 5 rings (SSSR count). The van der Waals surface area contributed by atoms with Crippen molar-refractivity contribution in [2.24, 2.45) is 5.92 Å². The van der Waals surface area contributed by atoms with Gasteiger partial charge in [0.05, 0.1) is 5.92 Å². The Kier molecular flexibility index (Phi) is 4.83. The van der Waals surface area contributed by atoms with Gasteiger partial charge in [-0.3, -0.25) is 4.79 Å². The van der Waals surface area contributed by atoms with Crippen LogP contribution in [0.15, 0.2) is 30.7 Å². The molecule has 0 radical (unpaired) electrons. The van der Waals surface area contributed by atoms with Crippen molar-refractivity contribution >= 4 is 28.7 Å². The van der Waals surface area contributed by atoms with Crippen LogP contribution < -0.4 is 10.2 Å². The number of aromatic nitrogens is 5. The summed E-state index contributed by atoms with van der Waals surface area (Å²) in [5.74, 6) is 2.47. The van der Waals surface area contributed by atoms with E-state index in [-0.39, 0.29) is 11.8 Å². The van der Waals surface area contributed by atoms with Gasteiger partial charge in [-0.25, -0.2) is 19.9 Å². The number of amides is 1. The van der Waals surface area contributed by atoms with Crippen molar-refractivity contribution in [3.05, 3.63) is 36.5 Å². The zero-order chi connectivity index (χ0) is 19.6. The summed E-state index contributed by atoms with van der Waals surface area (Å²) in [6.07, 6.45) is 9.69. The van der Waals surface area contributed by atoms with Crippen molar-refractivity contribution in [3.8, 4) is 0 Å². The molecule has 150 valence electrons. The van der Waals surface area contributed by atoms with Crippen LogP contribution in [0.25, 0.3) is 11.2 Å². The molecule has 1 fully saturated rings. The van der Waals surface area contributed by atoms with Crippen LogP contribution in [0.4, 0.5) is 11.6 Å². The van der Waals surface area contributed by atoms with Crippen LogP contribution in [0.2, 0.25) is 0 Å². The van der Waals surface area contributed by atoms with Crippen LogP contribution in [-0.2, 0) is 17.8 Å². The largest absolute Gasteiger partial charge is 0.354 e. The third-order valence-corrected chi connectivity index (χ3v) is 5.88. The van der Waals surface area contributed by atoms with E-state index >= 15 is 0 Å². The Morgan fingerprint density at radius 2 is 2.03 bits per heavy atom. The first-order valence-corrected chi connectivity index (χ1v) is 10.5. The van der Waals surface area contributed by atoms with Gasteiger partial charge in [-0.2, -0.15) is 0 Å². The van der Waals surface area contributed by atoms with Gasteiger partial charge in [0.1, 0.15) is 18.0 Å². The predicted molar refractivity (Wildman–Crippen MR) is 111 cm³/mol. The number of piperidine rings is 1. The van der Waals surface area contributed by atoms with Crippen molar-refractivity contribution < 1.29 is 4.79 Å². The van der Waals surface area contributed by atoms with Gasteiger partial charge in [0.2, 0.25) is 5.91 Å². The van der Waals surface area contributed by atoms with Gasteiger partial charge in [-0.05, 0) is 37.8 Å². The molecule has 8 heteroatoms. The standard InChI is InChI=1S/C21H25N7O/c29-21(25-16-8-3-4-10-22-16)15-7-6-11-27(13-15)19-18-20(24-14-23-19)28-12-5-1-2-9-17(28)26-18/h3-4,8,10,14-15H,1-2,5-7,9,11-13H2,(H,22,25,29)/t15-/m0/s1. The normalized spacial score (nSPS) is 19.6. The number of pyridine rings is 1. The smallest absolute Gasteiger partial charge is 0.230 e. The van der Waals surface area contributed by atoms with Crippen molar-refractivity contribution in [1.29, 1.82) is 0 Å². The number of carbonyl (C=O) groups excluding carboxylic acids is 1. The average Bonchev–Trinajstić information content (AvgIpc) is 2.95. The highest BCUT2D eigenvalue weighted by Crippen LogP contribution is 2.29. The highest BCUT2D eigenvalue weighted by atomic mass is 16.2. The fraction of sp³-hybridized carbons (Fsp3) is 0.476. The lowest BCUT2D eigenvalue weighted by atomic mass is 9.97. The Morgan fingerprint density at radius 1 is 1.07 bits per heavy atom. The number of imidazole rings is 1. The summed E-state index contributed by atoms with van der Waals surface area (Å²) < 4.78 is 2.25. The molecule has 3 aromatic heterocycles. The molecule has 0 aromatic carbocycles. The van der Waals surface area contributed by atoms with Crippen molar-refractivity contribution in [2.75, 3.05) is 23.3 Å². The summed E-state index contributed by atoms with van der Waals surface area (Å²) in [6.45, 7) is 2.48. The van der Waals surface area contributed by atoms with E-state index in [0.717, 1.165) is 61.6 Å². The van der Waals surface area contributed by atoms with Crippen LogP contribution in [0.1, 0.15) is 37.9 Å². The number of hydrogen-bond acceptors (Lipinski definition) is 6. The molecule has 5 heterocycles. The van der Waals surface area contributed by atoms with E-state index in [1.165, 1.54) is 12.8 Å². The van der Waals surface area contributed by atoms with E-state index in [9.17, 15) is 4.79 Å². The Hall–Kier alpha value is -3.03. The molecule has 0 aliphatic carbocycles. The first kappa shape index (κ1) is 18.0. The molecule has 0 unspecified atom stereocenters. The molecule has 1 saturated heterocycles. The van der Waals surface area contributed by atoms with Crippen molar-refractivity contribution in [1.82, 2.24) is 24.5 Å². The Bertz CT molecular complexity index is 1020.